The Morgan fingerprint density at radius 2 is 0.831 bits per heavy atom. The van der Waals surface area contributed by atoms with Crippen LogP contribution in [0.5, 0.6) is 0 Å². The minimum Gasteiger partial charge on any atom is -0.455 e. The van der Waals surface area contributed by atoms with Crippen molar-refractivity contribution in [1.29, 1.82) is 0 Å². The van der Waals surface area contributed by atoms with E-state index >= 15 is 0 Å². The number of anilines is 3. The van der Waals surface area contributed by atoms with Crippen LogP contribution in [0.15, 0.2) is 229 Å². The van der Waals surface area contributed by atoms with E-state index in [1.54, 1.807) is 0 Å². The first-order valence-electron chi connectivity index (χ1n) is 22.1. The Morgan fingerprint density at radius 1 is 0.338 bits per heavy atom. The molecule has 14 aromatic rings. The van der Waals surface area contributed by atoms with Crippen LogP contribution in [0.4, 0.5) is 17.1 Å². The minimum absolute atomic E-state index is 0.912. The third kappa shape index (κ3) is 5.37. The van der Waals surface area contributed by atoms with Gasteiger partial charge in [-0.25, -0.2) is 0 Å². The van der Waals surface area contributed by atoms with Crippen molar-refractivity contribution in [3.05, 3.63) is 224 Å². The lowest BCUT2D eigenvalue weighted by molar-refractivity contribution is 0.677. The minimum atomic E-state index is 0.912. The molecule has 0 radical (unpaired) electrons. The van der Waals surface area contributed by atoms with Gasteiger partial charge in [0, 0.05) is 70.2 Å². The topological polar surface area (TPSA) is 26.2 Å². The van der Waals surface area contributed by atoms with Gasteiger partial charge < -0.3 is 18.5 Å². The molecule has 0 saturated heterocycles. The zero-order chi connectivity index (χ0) is 42.6. The van der Waals surface area contributed by atoms with Crippen LogP contribution in [0.25, 0.3) is 108 Å². The normalized spacial score (nSPS) is 12.0. The van der Waals surface area contributed by atoms with Crippen LogP contribution < -0.4 is 4.90 Å². The number of hydrogen-bond donors (Lipinski definition) is 0. The molecule has 65 heavy (non-hydrogen) atoms. The fourth-order valence-corrected chi connectivity index (χ4v) is 11.7. The molecule has 0 aliphatic carbocycles. The zero-order valence-electron chi connectivity index (χ0n) is 35.0. The van der Waals surface area contributed by atoms with Gasteiger partial charge in [-0.1, -0.05) is 121 Å². The van der Waals surface area contributed by atoms with E-state index < -0.39 is 0 Å². The third-order valence-electron chi connectivity index (χ3n) is 13.3. The van der Waals surface area contributed by atoms with Crippen molar-refractivity contribution >= 4 is 114 Å². The van der Waals surface area contributed by atoms with Gasteiger partial charge in [-0.05, 0) is 114 Å². The molecule has 0 spiro atoms. The molecule has 304 valence electrons. The Morgan fingerprint density at radius 3 is 1.46 bits per heavy atom. The van der Waals surface area contributed by atoms with Crippen LogP contribution in [-0.4, -0.2) is 9.13 Å². The third-order valence-corrected chi connectivity index (χ3v) is 14.5. The van der Waals surface area contributed by atoms with Crippen molar-refractivity contribution in [2.75, 3.05) is 4.90 Å². The van der Waals surface area contributed by atoms with Gasteiger partial charge in [-0.15, -0.1) is 11.3 Å². The molecule has 4 heterocycles. The SMILES string of the molecule is c1ccc(N(c2ccc(-c3cccc4c3sc3ccccc34)cc2)c2ccc(-n3c4ccccc4c4c5oc6c(ccc7c6c6ccccc6n7-c6ccccc6)c5ccc43)cc2)cc1. The standard InChI is InChI=1S/C60H37N3OS/c1-3-14-39(15-4-1)61(41-28-26-38(27-29-41)44-21-13-22-48-45-18-9-12-25-55(45)65-60(44)48)42-30-32-43(33-31-42)63-52-24-11-8-20-50(52)57-54(63)37-35-47-46-34-36-53-56(58(46)64-59(47)57)49-19-7-10-23-51(49)62(53)40-16-5-2-6-17-40/h1-37H. The summed E-state index contributed by atoms with van der Waals surface area (Å²) in [6, 6.07) is 81.1. The Balaban J connectivity index is 0.897. The quantitative estimate of drug-likeness (QED) is 0.167. The van der Waals surface area contributed by atoms with Crippen LogP contribution in [-0.2, 0) is 0 Å². The summed E-state index contributed by atoms with van der Waals surface area (Å²) in [5, 5.41) is 9.48. The van der Waals surface area contributed by atoms with Crippen LogP contribution in [0.3, 0.4) is 0 Å². The molecule has 0 atom stereocenters. The summed E-state index contributed by atoms with van der Waals surface area (Å²) >= 11 is 1.87. The Hall–Kier alpha value is -8.38. The molecule has 10 aromatic carbocycles. The van der Waals surface area contributed by atoms with Crippen LogP contribution >= 0.6 is 11.3 Å². The first kappa shape index (κ1) is 36.1. The summed E-state index contributed by atoms with van der Waals surface area (Å²) in [5.41, 5.74) is 14.3. The van der Waals surface area contributed by atoms with Gasteiger partial charge in [0.15, 0.2) is 0 Å². The second-order valence-corrected chi connectivity index (χ2v) is 17.9. The van der Waals surface area contributed by atoms with E-state index in [-0.39, 0.29) is 0 Å². The number of furan rings is 1. The van der Waals surface area contributed by atoms with Crippen molar-refractivity contribution in [2.45, 2.75) is 0 Å². The smallest absolute Gasteiger partial charge is 0.145 e. The van der Waals surface area contributed by atoms with Gasteiger partial charge in [-0.3, -0.25) is 0 Å². The molecule has 0 aliphatic rings. The highest BCUT2D eigenvalue weighted by molar-refractivity contribution is 7.26. The van der Waals surface area contributed by atoms with E-state index in [2.05, 4.69) is 238 Å². The highest BCUT2D eigenvalue weighted by Crippen LogP contribution is 2.46. The number of rotatable bonds is 6. The van der Waals surface area contributed by atoms with Gasteiger partial charge in [0.1, 0.15) is 11.2 Å². The molecular formula is C60H37N3OS. The Labute approximate surface area is 377 Å². The van der Waals surface area contributed by atoms with Gasteiger partial charge in [0.05, 0.1) is 32.8 Å². The second kappa shape index (κ2) is 14.1. The number of fused-ring (bicyclic) bond motifs is 14. The predicted molar refractivity (Wildman–Crippen MR) is 275 cm³/mol. The molecule has 0 fully saturated rings. The monoisotopic (exact) mass is 847 g/mol. The lowest BCUT2D eigenvalue weighted by Gasteiger charge is -2.26. The first-order chi connectivity index (χ1) is 32.3. The molecule has 14 rings (SSSR count). The lowest BCUT2D eigenvalue weighted by atomic mass is 10.0. The highest BCUT2D eigenvalue weighted by atomic mass is 32.1. The predicted octanol–water partition coefficient (Wildman–Crippen LogP) is 17.3. The van der Waals surface area contributed by atoms with Crippen LogP contribution in [0.2, 0.25) is 0 Å². The average Bonchev–Trinajstić information content (AvgIpc) is 4.13. The van der Waals surface area contributed by atoms with Gasteiger partial charge in [0.25, 0.3) is 0 Å². The van der Waals surface area contributed by atoms with Crippen molar-refractivity contribution in [3.63, 3.8) is 0 Å². The van der Waals surface area contributed by atoms with E-state index in [4.69, 9.17) is 4.42 Å². The number of thiophene rings is 1. The van der Waals surface area contributed by atoms with Crippen LogP contribution in [0, 0.1) is 0 Å². The Kier molecular flexibility index (Phi) is 7.82. The number of hydrogen-bond acceptors (Lipinski definition) is 3. The number of para-hydroxylation sites is 4. The number of nitrogens with zero attached hydrogens (tertiary/aromatic N) is 3. The summed E-state index contributed by atoms with van der Waals surface area (Å²) in [6.45, 7) is 0. The molecule has 5 heteroatoms. The van der Waals surface area contributed by atoms with E-state index in [1.165, 1.54) is 36.7 Å². The van der Waals surface area contributed by atoms with Crippen molar-refractivity contribution < 1.29 is 4.42 Å². The van der Waals surface area contributed by atoms with Crippen molar-refractivity contribution in [2.24, 2.45) is 0 Å². The van der Waals surface area contributed by atoms with Crippen LogP contribution in [0.1, 0.15) is 0 Å². The summed E-state index contributed by atoms with van der Waals surface area (Å²) in [7, 11) is 0. The maximum atomic E-state index is 7.18. The molecule has 0 N–H and O–H groups in total. The van der Waals surface area contributed by atoms with E-state index in [0.29, 0.717) is 0 Å². The van der Waals surface area contributed by atoms with Gasteiger partial charge in [-0.2, -0.15) is 0 Å². The molecule has 4 nitrogen and oxygen atoms in total. The summed E-state index contributed by atoms with van der Waals surface area (Å²) in [6.07, 6.45) is 0. The molecule has 0 unspecified atom stereocenters. The summed E-state index contributed by atoms with van der Waals surface area (Å²) in [5.74, 6) is 0. The summed E-state index contributed by atoms with van der Waals surface area (Å²) in [4.78, 5) is 2.34. The molecule has 4 aromatic heterocycles. The number of aromatic nitrogens is 2. The molecular weight excluding hydrogens is 811 g/mol. The first-order valence-corrected chi connectivity index (χ1v) is 22.9. The van der Waals surface area contributed by atoms with E-state index in [0.717, 1.165) is 88.6 Å². The Bertz CT molecular complexity index is 4160. The fourth-order valence-electron chi connectivity index (χ4n) is 10.5. The molecule has 0 amide bonds. The fraction of sp³-hybridized carbons (Fsp3) is 0. The highest BCUT2D eigenvalue weighted by Gasteiger charge is 2.23. The van der Waals surface area contributed by atoms with Gasteiger partial charge >= 0.3 is 0 Å². The van der Waals surface area contributed by atoms with Gasteiger partial charge in [0.2, 0.25) is 0 Å². The zero-order valence-corrected chi connectivity index (χ0v) is 35.8. The molecule has 0 aliphatic heterocycles. The maximum Gasteiger partial charge on any atom is 0.145 e. The largest absolute Gasteiger partial charge is 0.455 e. The summed E-state index contributed by atoms with van der Waals surface area (Å²) < 4.78 is 14.6. The lowest BCUT2D eigenvalue weighted by Crippen LogP contribution is -2.10. The second-order valence-electron chi connectivity index (χ2n) is 16.8. The van der Waals surface area contributed by atoms with Crippen molar-refractivity contribution in [1.82, 2.24) is 9.13 Å². The average molecular weight is 848 g/mol. The molecule has 0 saturated carbocycles. The van der Waals surface area contributed by atoms with Crippen molar-refractivity contribution in [3.8, 4) is 22.5 Å². The maximum absolute atomic E-state index is 7.18. The van der Waals surface area contributed by atoms with E-state index in [1.807, 2.05) is 11.3 Å². The van der Waals surface area contributed by atoms with E-state index in [9.17, 15) is 0 Å². The number of benzene rings is 10. The molecule has 0 bridgehead atoms.